The van der Waals surface area contributed by atoms with Crippen LogP contribution in [0.25, 0.3) is 0 Å². The van der Waals surface area contributed by atoms with E-state index in [1.807, 2.05) is 0 Å². The van der Waals surface area contributed by atoms with Gasteiger partial charge in [0.1, 0.15) is 0 Å². The molecule has 0 N–H and O–H groups in total. The maximum absolute atomic E-state index is 11.5. The van der Waals surface area contributed by atoms with Crippen LogP contribution in [0.4, 0.5) is 5.69 Å². The highest BCUT2D eigenvalue weighted by atomic mass is 35.5. The number of hydrogen-bond donors (Lipinski definition) is 0. The predicted octanol–water partition coefficient (Wildman–Crippen LogP) is 1.87. The number of sulfone groups is 1. The van der Waals surface area contributed by atoms with Crippen LogP contribution in [0.2, 0.25) is 0 Å². The van der Waals surface area contributed by atoms with Crippen molar-refractivity contribution in [1.82, 2.24) is 0 Å². The standard InChI is InChI=1S/C12H14ClNO4S/c1-8(15)14(9(2)16)11-7-5-4-6-10(11)12(13)19(3,17)18/h4-7,12H,1-3H3/t12-/m0/s1. The maximum atomic E-state index is 11.5. The molecule has 0 heterocycles. The summed E-state index contributed by atoms with van der Waals surface area (Å²) in [6.45, 7) is 2.45. The second kappa shape index (κ2) is 5.71. The molecular formula is C12H14ClNO4S. The van der Waals surface area contributed by atoms with Crippen molar-refractivity contribution in [1.29, 1.82) is 0 Å². The molecule has 1 atom stereocenters. The quantitative estimate of drug-likeness (QED) is 0.799. The highest BCUT2D eigenvalue weighted by Crippen LogP contribution is 2.34. The lowest BCUT2D eigenvalue weighted by Crippen LogP contribution is -2.34. The Hall–Kier alpha value is -1.40. The number of amides is 2. The fraction of sp³-hybridized carbons (Fsp3) is 0.333. The molecule has 0 aromatic heterocycles. The summed E-state index contributed by atoms with van der Waals surface area (Å²) in [5.41, 5.74) is 0.394. The molecule has 0 saturated carbocycles. The van der Waals surface area contributed by atoms with Gasteiger partial charge in [0.15, 0.2) is 14.5 Å². The van der Waals surface area contributed by atoms with Crippen LogP contribution >= 0.6 is 11.6 Å². The number of nitrogens with zero attached hydrogens (tertiary/aromatic N) is 1. The number of anilines is 1. The fourth-order valence-electron chi connectivity index (χ4n) is 1.67. The molecular weight excluding hydrogens is 290 g/mol. The average molecular weight is 304 g/mol. The highest BCUT2D eigenvalue weighted by molar-refractivity contribution is 7.92. The number of hydrogen-bond acceptors (Lipinski definition) is 4. The molecule has 104 valence electrons. The molecule has 0 radical (unpaired) electrons. The van der Waals surface area contributed by atoms with Crippen LogP contribution in [0, 0.1) is 0 Å². The number of para-hydroxylation sites is 1. The van der Waals surface area contributed by atoms with E-state index in [0.29, 0.717) is 0 Å². The van der Waals surface area contributed by atoms with Gasteiger partial charge in [-0.05, 0) is 6.07 Å². The van der Waals surface area contributed by atoms with Gasteiger partial charge in [0.2, 0.25) is 11.8 Å². The number of benzene rings is 1. The first-order valence-electron chi connectivity index (χ1n) is 5.39. The van der Waals surface area contributed by atoms with Gasteiger partial charge in [-0.1, -0.05) is 18.2 Å². The normalized spacial score (nSPS) is 12.8. The lowest BCUT2D eigenvalue weighted by molar-refractivity contribution is -0.124. The average Bonchev–Trinajstić information content (AvgIpc) is 2.26. The molecule has 0 bridgehead atoms. The number of halogens is 1. The van der Waals surface area contributed by atoms with Crippen molar-refractivity contribution < 1.29 is 18.0 Å². The van der Waals surface area contributed by atoms with E-state index < -0.39 is 26.4 Å². The van der Waals surface area contributed by atoms with Crippen LogP contribution in [0.3, 0.4) is 0 Å². The van der Waals surface area contributed by atoms with Crippen molar-refractivity contribution in [2.75, 3.05) is 11.2 Å². The largest absolute Gasteiger partial charge is 0.274 e. The van der Waals surface area contributed by atoms with E-state index in [9.17, 15) is 18.0 Å². The van der Waals surface area contributed by atoms with Gasteiger partial charge in [-0.2, -0.15) is 0 Å². The number of rotatable bonds is 3. The second-order valence-electron chi connectivity index (χ2n) is 4.08. The smallest absolute Gasteiger partial charge is 0.230 e. The summed E-state index contributed by atoms with van der Waals surface area (Å²) in [7, 11) is -3.55. The molecule has 0 unspecified atom stereocenters. The summed E-state index contributed by atoms with van der Waals surface area (Å²) in [6, 6.07) is 6.16. The van der Waals surface area contributed by atoms with Gasteiger partial charge in [0, 0.05) is 25.7 Å². The van der Waals surface area contributed by atoms with Crippen LogP contribution in [0.1, 0.15) is 24.1 Å². The second-order valence-corrected chi connectivity index (χ2v) is 6.90. The summed E-state index contributed by atoms with van der Waals surface area (Å²) in [5, 5.41) is 0. The molecule has 0 spiro atoms. The predicted molar refractivity (Wildman–Crippen MR) is 73.7 cm³/mol. The zero-order chi connectivity index (χ0) is 14.8. The highest BCUT2D eigenvalue weighted by Gasteiger charge is 2.27. The van der Waals surface area contributed by atoms with Gasteiger partial charge in [-0.25, -0.2) is 8.42 Å². The summed E-state index contributed by atoms with van der Waals surface area (Å²) in [6.07, 6.45) is 0.993. The molecule has 0 aliphatic heterocycles. The Bertz CT molecular complexity index is 598. The molecule has 19 heavy (non-hydrogen) atoms. The van der Waals surface area contributed by atoms with Crippen LogP contribution in [-0.4, -0.2) is 26.5 Å². The minimum Gasteiger partial charge on any atom is -0.274 e. The van der Waals surface area contributed by atoms with Gasteiger partial charge in [0.05, 0.1) is 5.69 Å². The Morgan fingerprint density at radius 2 is 1.63 bits per heavy atom. The van der Waals surface area contributed by atoms with Crippen LogP contribution in [0.15, 0.2) is 24.3 Å². The Labute approximate surface area is 117 Å². The molecule has 1 aromatic rings. The molecule has 1 rings (SSSR count). The molecule has 1 aromatic carbocycles. The van der Waals surface area contributed by atoms with Gasteiger partial charge < -0.3 is 0 Å². The van der Waals surface area contributed by atoms with Crippen molar-refractivity contribution in [2.24, 2.45) is 0 Å². The van der Waals surface area contributed by atoms with Crippen molar-refractivity contribution in [3.05, 3.63) is 29.8 Å². The van der Waals surface area contributed by atoms with E-state index >= 15 is 0 Å². The SMILES string of the molecule is CC(=O)N(C(C)=O)c1ccccc1[C@@H](Cl)S(C)(=O)=O. The number of alkyl halides is 1. The van der Waals surface area contributed by atoms with Crippen LogP contribution < -0.4 is 4.90 Å². The fourth-order valence-corrected chi connectivity index (χ4v) is 2.52. The third-order valence-corrected chi connectivity index (χ3v) is 4.64. The first kappa shape index (κ1) is 15.7. The van der Waals surface area contributed by atoms with E-state index in [1.165, 1.54) is 26.0 Å². The topological polar surface area (TPSA) is 71.5 Å². The van der Waals surface area contributed by atoms with Crippen molar-refractivity contribution in [3.8, 4) is 0 Å². The molecule has 0 saturated heterocycles. The van der Waals surface area contributed by atoms with Crippen molar-refractivity contribution >= 4 is 38.9 Å². The Kier molecular flexibility index (Phi) is 4.70. The summed E-state index contributed by atoms with van der Waals surface area (Å²) >= 11 is 5.90. The Balaban J connectivity index is 3.45. The van der Waals surface area contributed by atoms with Crippen LogP contribution in [-0.2, 0) is 19.4 Å². The molecule has 5 nitrogen and oxygen atoms in total. The first-order valence-corrected chi connectivity index (χ1v) is 7.78. The minimum absolute atomic E-state index is 0.188. The van der Waals surface area contributed by atoms with Crippen molar-refractivity contribution in [3.63, 3.8) is 0 Å². The first-order chi connectivity index (χ1) is 8.66. The number of carbonyl (C=O) groups is 2. The molecule has 2 amide bonds. The molecule has 0 aliphatic carbocycles. The van der Waals surface area contributed by atoms with E-state index in [2.05, 4.69) is 0 Å². The van der Waals surface area contributed by atoms with Gasteiger partial charge >= 0.3 is 0 Å². The van der Waals surface area contributed by atoms with Crippen molar-refractivity contribution in [2.45, 2.75) is 18.6 Å². The third kappa shape index (κ3) is 3.54. The van der Waals surface area contributed by atoms with E-state index in [0.717, 1.165) is 11.2 Å². The van der Waals surface area contributed by atoms with E-state index in [4.69, 9.17) is 11.6 Å². The minimum atomic E-state index is -3.55. The van der Waals surface area contributed by atoms with Gasteiger partial charge in [0.25, 0.3) is 0 Å². The summed E-state index contributed by atoms with van der Waals surface area (Å²) < 4.78 is 21.7. The number of carbonyl (C=O) groups excluding carboxylic acids is 2. The van der Waals surface area contributed by atoms with Crippen LogP contribution in [0.5, 0.6) is 0 Å². The number of imide groups is 1. The van der Waals surface area contributed by atoms with E-state index in [-0.39, 0.29) is 11.3 Å². The monoisotopic (exact) mass is 303 g/mol. The zero-order valence-electron chi connectivity index (χ0n) is 10.8. The lowest BCUT2D eigenvalue weighted by atomic mass is 10.1. The van der Waals surface area contributed by atoms with Gasteiger partial charge in [-0.3, -0.25) is 14.5 Å². The third-order valence-electron chi connectivity index (χ3n) is 2.43. The molecule has 0 fully saturated rings. The Morgan fingerprint density at radius 3 is 2.05 bits per heavy atom. The lowest BCUT2D eigenvalue weighted by Gasteiger charge is -2.22. The van der Waals surface area contributed by atoms with E-state index in [1.54, 1.807) is 12.1 Å². The van der Waals surface area contributed by atoms with Gasteiger partial charge in [-0.15, -0.1) is 11.6 Å². The molecule has 7 heteroatoms. The molecule has 0 aliphatic rings. The summed E-state index contributed by atoms with van der Waals surface area (Å²) in [5.74, 6) is -1.00. The maximum Gasteiger partial charge on any atom is 0.230 e. The summed E-state index contributed by atoms with van der Waals surface area (Å²) in [4.78, 5) is 23.9. The zero-order valence-corrected chi connectivity index (χ0v) is 12.3. The Morgan fingerprint density at radius 1 is 1.16 bits per heavy atom.